The molecule has 0 amide bonds. The summed E-state index contributed by atoms with van der Waals surface area (Å²) < 4.78 is 153. The highest BCUT2D eigenvalue weighted by molar-refractivity contribution is 7.94. The molecule has 1 aromatic rings. The quantitative estimate of drug-likeness (QED) is 0.674. The first-order valence-corrected chi connectivity index (χ1v) is 9.58. The van der Waals surface area contributed by atoms with Gasteiger partial charge in [0.1, 0.15) is 8.42 Å². The van der Waals surface area contributed by atoms with Gasteiger partial charge in [0.15, 0.2) is 0 Å². The van der Waals surface area contributed by atoms with Gasteiger partial charge < -0.3 is 10.1 Å². The average Bonchev–Trinajstić information content (AvgIpc) is 3.04. The molecule has 0 fully saturated rings. The lowest BCUT2D eigenvalue weighted by Gasteiger charge is -2.32. The molecule has 1 aliphatic heterocycles. The van der Waals surface area contributed by atoms with Crippen molar-refractivity contribution in [1.29, 1.82) is 0 Å². The fourth-order valence-corrected chi connectivity index (χ4v) is 5.42. The van der Waals surface area contributed by atoms with Crippen molar-refractivity contribution in [1.82, 2.24) is 9.62 Å². The minimum Gasteiger partial charge on any atom is -0.385 e. The van der Waals surface area contributed by atoms with E-state index in [9.17, 15) is 16.8 Å². The summed E-state index contributed by atoms with van der Waals surface area (Å²) in [5, 5.41) is 6.61. The van der Waals surface area contributed by atoms with Crippen LogP contribution in [0.15, 0.2) is 14.5 Å². The van der Waals surface area contributed by atoms with E-state index in [1.54, 1.807) is 5.32 Å². The number of nitrogens with two attached hydrogens (primary N) is 1. The molecular formula is C12H21N3O5S3. The highest BCUT2D eigenvalue weighted by atomic mass is 32.3. The molecule has 2 rings (SSSR count). The van der Waals surface area contributed by atoms with Gasteiger partial charge in [0.25, 0.3) is 10.0 Å². The molecule has 1 atom stereocenters. The number of likely N-dealkylation sites (N-methyl/N-ethyl adjacent to an activating group) is 1. The summed E-state index contributed by atoms with van der Waals surface area (Å²) in [6.07, 6.45) is -1.10. The van der Waals surface area contributed by atoms with Crippen molar-refractivity contribution in [2.75, 3.05) is 33.1 Å². The average molecular weight is 397 g/mol. The minimum absolute atomic E-state index is 0.0865. The van der Waals surface area contributed by atoms with E-state index in [-0.39, 0.29) is 11.3 Å². The first kappa shape index (κ1) is 7.77. The SMILES string of the molecule is [2H]C([2H])([2H])OCCC([2H])([2H])N1C([2H])([2H])[C@]([2H])(NC([2H])([2H])C([2H])([2H])[2H])c2cc(S(N)(=O)=O)sc2S1(=O)=O. The molecule has 23 heavy (non-hydrogen) atoms. The summed E-state index contributed by atoms with van der Waals surface area (Å²) >= 11 is -0.0865. The highest BCUT2D eigenvalue weighted by Crippen LogP contribution is 2.39. The Bertz CT molecular complexity index is 1230. The van der Waals surface area contributed by atoms with Crippen molar-refractivity contribution < 1.29 is 39.4 Å². The molecule has 11 heteroatoms. The molecule has 0 spiro atoms. The van der Waals surface area contributed by atoms with Crippen molar-refractivity contribution in [3.8, 4) is 0 Å². The lowest BCUT2D eigenvalue weighted by atomic mass is 10.1. The molecule has 0 radical (unpaired) electrons. The standard InChI is InChI=1S/C12H21N3O5S3/c1-3-14-10-8-15(5-4-6-20-2)23(18,19)12-9(10)7-11(21-12)22(13,16)17/h7,10,14H,3-6,8H2,1-2H3,(H2,13,16,17)/t10-/m0/s1/i1D3,2D3,3D2,5D2,8D2,10D. The number of hydrogen-bond donors (Lipinski definition) is 2. The molecule has 0 unspecified atom stereocenters. The van der Waals surface area contributed by atoms with Crippen LogP contribution in [0.4, 0.5) is 0 Å². The normalized spacial score (nSPS) is 37.3. The number of sulfonamides is 2. The largest absolute Gasteiger partial charge is 0.385 e. The molecule has 0 saturated carbocycles. The van der Waals surface area contributed by atoms with Gasteiger partial charge in [-0.2, -0.15) is 4.31 Å². The van der Waals surface area contributed by atoms with Crippen molar-refractivity contribution in [2.24, 2.45) is 5.14 Å². The molecule has 0 aliphatic carbocycles. The second-order valence-electron chi connectivity index (χ2n) is 4.07. The summed E-state index contributed by atoms with van der Waals surface area (Å²) in [6.45, 7) is -15.3. The lowest BCUT2D eigenvalue weighted by Crippen LogP contribution is -2.43. The van der Waals surface area contributed by atoms with E-state index in [0.29, 0.717) is 6.07 Å². The van der Waals surface area contributed by atoms with E-state index in [4.69, 9.17) is 23.0 Å². The zero-order valence-corrected chi connectivity index (χ0v) is 13.7. The second-order valence-corrected chi connectivity index (χ2v) is 8.90. The maximum Gasteiger partial charge on any atom is 0.252 e. The third-order valence-electron chi connectivity index (χ3n) is 2.56. The van der Waals surface area contributed by atoms with Crippen molar-refractivity contribution in [2.45, 2.75) is 27.7 Å². The van der Waals surface area contributed by atoms with E-state index in [0.717, 1.165) is 0 Å². The van der Waals surface area contributed by atoms with Crippen LogP contribution < -0.4 is 10.5 Å². The predicted molar refractivity (Wildman–Crippen MR) is 87.4 cm³/mol. The Morgan fingerprint density at radius 3 is 3.17 bits per heavy atom. The molecule has 0 bridgehead atoms. The van der Waals surface area contributed by atoms with Gasteiger partial charge in [0.05, 0.1) is 5.48 Å². The predicted octanol–water partition coefficient (Wildman–Crippen LogP) is 0.0869. The highest BCUT2D eigenvalue weighted by Gasteiger charge is 2.39. The number of nitrogens with zero attached hydrogens (tertiary/aromatic N) is 1. The molecule has 3 N–H and O–H groups in total. The zero-order valence-electron chi connectivity index (χ0n) is 24.3. The monoisotopic (exact) mass is 396 g/mol. The van der Waals surface area contributed by atoms with Gasteiger partial charge in [0, 0.05) is 50.6 Å². The van der Waals surface area contributed by atoms with Crippen LogP contribution in [0.5, 0.6) is 0 Å². The number of thiophene rings is 1. The summed E-state index contributed by atoms with van der Waals surface area (Å²) in [4.78, 5) is 0. The van der Waals surface area contributed by atoms with Crippen molar-refractivity contribution in [3.63, 3.8) is 0 Å². The van der Waals surface area contributed by atoms with Crippen LogP contribution in [0.1, 0.15) is 42.7 Å². The minimum atomic E-state index is -5.35. The maximum atomic E-state index is 13.4. The Kier molecular flexibility index (Phi) is 2.41. The summed E-state index contributed by atoms with van der Waals surface area (Å²) in [6, 6.07) is -2.99. The van der Waals surface area contributed by atoms with Crippen molar-refractivity contribution in [3.05, 3.63) is 11.6 Å². The van der Waals surface area contributed by atoms with E-state index < -0.39 is 90.8 Å². The van der Waals surface area contributed by atoms with Gasteiger partial charge in [-0.25, -0.2) is 22.0 Å². The Labute approximate surface area is 159 Å². The second kappa shape index (κ2) is 7.13. The third kappa shape index (κ3) is 3.92. The molecule has 2 heterocycles. The van der Waals surface area contributed by atoms with Crippen molar-refractivity contribution >= 4 is 31.4 Å². The number of nitrogens with one attached hydrogen (secondary N) is 1. The lowest BCUT2D eigenvalue weighted by molar-refractivity contribution is 0.185. The molecule has 132 valence electrons. The van der Waals surface area contributed by atoms with Crippen LogP contribution in [0, 0.1) is 0 Å². The smallest absolute Gasteiger partial charge is 0.252 e. The topological polar surface area (TPSA) is 119 Å². The van der Waals surface area contributed by atoms with Crippen LogP contribution >= 0.6 is 11.3 Å². The molecule has 0 saturated heterocycles. The Balaban J connectivity index is 2.85. The molecule has 1 aliphatic rings. The number of primary sulfonamides is 1. The Morgan fingerprint density at radius 2 is 2.52 bits per heavy atom. The third-order valence-corrected chi connectivity index (χ3v) is 7.18. The number of rotatable bonds is 7. The number of ether oxygens (including phenoxy) is 1. The van der Waals surface area contributed by atoms with Gasteiger partial charge in [-0.1, -0.05) is 6.85 Å². The molecule has 8 nitrogen and oxygen atoms in total. The molecular weight excluding hydrogens is 362 g/mol. The van der Waals surface area contributed by atoms with Gasteiger partial charge >= 0.3 is 0 Å². The summed E-state index contributed by atoms with van der Waals surface area (Å²) in [5.41, 5.74) is -1.03. The fourth-order valence-electron chi connectivity index (χ4n) is 1.64. The number of methoxy groups -OCH3 is 1. The van der Waals surface area contributed by atoms with Crippen LogP contribution in [-0.2, 0) is 24.8 Å². The first-order valence-electron chi connectivity index (χ1n) is 12.3. The zero-order chi connectivity index (χ0) is 28.6. The number of hydrogen-bond acceptors (Lipinski definition) is 7. The van der Waals surface area contributed by atoms with Crippen LogP contribution in [0.25, 0.3) is 0 Å². The summed E-state index contributed by atoms with van der Waals surface area (Å²) in [7, 11) is -13.0. The Morgan fingerprint density at radius 1 is 1.74 bits per heavy atom. The van der Waals surface area contributed by atoms with E-state index in [1.165, 1.54) is 0 Å². The number of fused-ring (bicyclic) bond motifs is 1. The van der Waals surface area contributed by atoms with E-state index in [1.807, 2.05) is 0 Å². The van der Waals surface area contributed by atoms with Crippen LogP contribution in [0.2, 0.25) is 0 Å². The van der Waals surface area contributed by atoms with E-state index >= 15 is 0 Å². The van der Waals surface area contributed by atoms with Gasteiger partial charge in [-0.15, -0.1) is 11.3 Å². The molecule has 0 aromatic carbocycles. The van der Waals surface area contributed by atoms with Gasteiger partial charge in [-0.05, 0) is 19.0 Å². The van der Waals surface area contributed by atoms with Gasteiger partial charge in [0.2, 0.25) is 10.0 Å². The Hall–Kier alpha value is -0.560. The van der Waals surface area contributed by atoms with Gasteiger partial charge in [-0.3, -0.25) is 0 Å². The first-order chi connectivity index (χ1) is 15.6. The maximum absolute atomic E-state index is 13.4. The molecule has 1 aromatic heterocycles. The van der Waals surface area contributed by atoms with Crippen LogP contribution in [0.3, 0.4) is 0 Å². The summed E-state index contributed by atoms with van der Waals surface area (Å²) in [5.74, 6) is 0. The van der Waals surface area contributed by atoms with E-state index in [2.05, 4.69) is 4.74 Å². The van der Waals surface area contributed by atoms with Crippen LogP contribution in [-0.4, -0.2) is 54.3 Å². The fraction of sp³-hybridized carbons (Fsp3) is 0.667.